The zero-order valence-electron chi connectivity index (χ0n) is 13.5. The summed E-state index contributed by atoms with van der Waals surface area (Å²) in [6.07, 6.45) is 0.497. The number of hydrogen-bond donors (Lipinski definition) is 1. The molecule has 1 atom stereocenters. The molecular formula is C19H20NO4+. The number of benzene rings is 2. The minimum atomic E-state index is -0.962. The van der Waals surface area contributed by atoms with Crippen molar-refractivity contribution in [2.75, 3.05) is 7.05 Å². The van der Waals surface area contributed by atoms with Crippen molar-refractivity contribution in [3.8, 4) is 0 Å². The van der Waals surface area contributed by atoms with Crippen molar-refractivity contribution in [2.45, 2.75) is 19.3 Å². The van der Waals surface area contributed by atoms with Crippen LogP contribution in [0.15, 0.2) is 54.6 Å². The molecular weight excluding hydrogens is 306 g/mol. The van der Waals surface area contributed by atoms with Crippen molar-refractivity contribution in [1.29, 1.82) is 0 Å². The highest BCUT2D eigenvalue weighted by molar-refractivity contribution is 5.85. The summed E-state index contributed by atoms with van der Waals surface area (Å²) in [5.41, 5.74) is 2.19. The molecule has 0 fully saturated rings. The molecule has 1 unspecified atom stereocenters. The van der Waals surface area contributed by atoms with Crippen LogP contribution in [0.5, 0.6) is 0 Å². The van der Waals surface area contributed by atoms with Crippen molar-refractivity contribution in [1.82, 2.24) is 0 Å². The number of nitroso groups, excluding NO2 is 1. The highest BCUT2D eigenvalue weighted by Gasteiger charge is 2.21. The number of Topliss-reactive ketones (excluding diaryl/α,β-unsaturated/α-hetero) is 1. The van der Waals surface area contributed by atoms with E-state index in [1.54, 1.807) is 24.3 Å². The summed E-state index contributed by atoms with van der Waals surface area (Å²) in [4.78, 5) is 34.8. The number of carbonyl (C=O) groups excluding carboxylic acids is 1. The van der Waals surface area contributed by atoms with Gasteiger partial charge in [0.05, 0.1) is 5.92 Å². The van der Waals surface area contributed by atoms with Crippen LogP contribution in [-0.2, 0) is 22.4 Å². The third kappa shape index (κ3) is 5.12. The van der Waals surface area contributed by atoms with E-state index >= 15 is 0 Å². The average Bonchev–Trinajstić information content (AvgIpc) is 2.55. The molecule has 0 amide bonds. The summed E-state index contributed by atoms with van der Waals surface area (Å²) in [5, 5.41) is 9.35. The van der Waals surface area contributed by atoms with Gasteiger partial charge in [0, 0.05) is 34.6 Å². The number of carboxylic acid groups (broad SMARTS) is 1. The van der Waals surface area contributed by atoms with E-state index in [2.05, 4.69) is 0 Å². The molecule has 0 aromatic heterocycles. The Morgan fingerprint density at radius 1 is 1.00 bits per heavy atom. The second kappa shape index (κ2) is 8.15. The van der Waals surface area contributed by atoms with Gasteiger partial charge >= 0.3 is 5.97 Å². The first-order valence-corrected chi connectivity index (χ1v) is 7.74. The van der Waals surface area contributed by atoms with Crippen molar-refractivity contribution >= 4 is 17.4 Å². The van der Waals surface area contributed by atoms with Crippen LogP contribution in [0.2, 0.25) is 0 Å². The predicted molar refractivity (Wildman–Crippen MR) is 90.3 cm³/mol. The lowest BCUT2D eigenvalue weighted by atomic mass is 9.92. The zero-order chi connectivity index (χ0) is 17.5. The highest BCUT2D eigenvalue weighted by atomic mass is 16.4. The van der Waals surface area contributed by atoms with Crippen molar-refractivity contribution < 1.29 is 19.5 Å². The molecule has 0 heterocycles. The third-order valence-electron chi connectivity index (χ3n) is 3.85. The largest absolute Gasteiger partial charge is 0.481 e. The first-order chi connectivity index (χ1) is 11.5. The molecule has 0 spiro atoms. The van der Waals surface area contributed by atoms with Gasteiger partial charge in [0.2, 0.25) is 0 Å². The Kier molecular flexibility index (Phi) is 5.95. The zero-order valence-corrected chi connectivity index (χ0v) is 13.5. The molecule has 0 radical (unpaired) electrons. The fourth-order valence-corrected chi connectivity index (χ4v) is 2.54. The van der Waals surface area contributed by atoms with Gasteiger partial charge in [0.25, 0.3) is 5.69 Å². The number of aliphatic carboxylic acids is 1. The summed E-state index contributed by atoms with van der Waals surface area (Å²) in [6, 6.07) is 16.0. The number of ketones is 1. The molecule has 5 heteroatoms. The number of rotatable bonds is 8. The molecule has 0 aliphatic rings. The van der Waals surface area contributed by atoms with Gasteiger partial charge in [-0.15, -0.1) is 0 Å². The van der Waals surface area contributed by atoms with E-state index < -0.39 is 11.9 Å². The Balaban J connectivity index is 1.97. The summed E-state index contributed by atoms with van der Waals surface area (Å²) in [6.45, 7) is 0. The van der Waals surface area contributed by atoms with E-state index in [1.807, 2.05) is 30.3 Å². The van der Waals surface area contributed by atoms with Gasteiger partial charge < -0.3 is 5.11 Å². The van der Waals surface area contributed by atoms with Gasteiger partial charge in [-0.1, -0.05) is 42.5 Å². The van der Waals surface area contributed by atoms with E-state index in [4.69, 9.17) is 0 Å². The van der Waals surface area contributed by atoms with Crippen LogP contribution in [0.4, 0.5) is 5.69 Å². The third-order valence-corrected chi connectivity index (χ3v) is 3.85. The molecule has 0 saturated carbocycles. The normalized spacial score (nSPS) is 11.7. The Morgan fingerprint density at radius 2 is 1.62 bits per heavy atom. The van der Waals surface area contributed by atoms with Gasteiger partial charge in [-0.05, 0) is 17.5 Å². The SMILES string of the molecule is C[N+](=O)c1ccc(CC(=O)CC(Cc2ccccc2)C(=O)O)cc1. The maximum absolute atomic E-state index is 12.2. The first-order valence-electron chi connectivity index (χ1n) is 7.74. The predicted octanol–water partition coefficient (Wildman–Crippen LogP) is 3.17. The summed E-state index contributed by atoms with van der Waals surface area (Å²) in [7, 11) is 1.40. The maximum Gasteiger partial charge on any atom is 0.307 e. The van der Waals surface area contributed by atoms with Crippen molar-refractivity contribution in [2.24, 2.45) is 5.92 Å². The monoisotopic (exact) mass is 326 g/mol. The van der Waals surface area contributed by atoms with Crippen LogP contribution in [0.25, 0.3) is 0 Å². The Labute approximate surface area is 140 Å². The highest BCUT2D eigenvalue weighted by Crippen LogP contribution is 2.16. The van der Waals surface area contributed by atoms with Crippen molar-refractivity contribution in [3.05, 3.63) is 70.6 Å². The Hall–Kier alpha value is -2.82. The number of nitrogens with zero attached hydrogens (tertiary/aromatic N) is 1. The van der Waals surface area contributed by atoms with Crippen LogP contribution in [0.3, 0.4) is 0 Å². The number of carbonyl (C=O) groups is 2. The lowest BCUT2D eigenvalue weighted by molar-refractivity contribution is -0.428. The fraction of sp³-hybridized carbons (Fsp3) is 0.263. The lowest BCUT2D eigenvalue weighted by Gasteiger charge is -2.11. The molecule has 0 saturated heterocycles. The quantitative estimate of drug-likeness (QED) is 0.756. The van der Waals surface area contributed by atoms with E-state index in [1.165, 1.54) is 7.05 Å². The van der Waals surface area contributed by atoms with Gasteiger partial charge in [0.15, 0.2) is 7.05 Å². The van der Waals surface area contributed by atoms with Crippen molar-refractivity contribution in [3.63, 3.8) is 0 Å². The van der Waals surface area contributed by atoms with Gasteiger partial charge in [-0.3, -0.25) is 9.59 Å². The molecule has 0 bridgehead atoms. The van der Waals surface area contributed by atoms with Gasteiger partial charge in [0.1, 0.15) is 5.78 Å². The summed E-state index contributed by atoms with van der Waals surface area (Å²) in [5.74, 6) is -1.82. The van der Waals surface area contributed by atoms with Crippen LogP contribution in [0, 0.1) is 10.8 Å². The van der Waals surface area contributed by atoms with E-state index in [0.29, 0.717) is 12.1 Å². The van der Waals surface area contributed by atoms with E-state index in [-0.39, 0.29) is 18.6 Å². The molecule has 0 aliphatic carbocycles. The van der Waals surface area contributed by atoms with E-state index in [0.717, 1.165) is 15.9 Å². The minimum absolute atomic E-state index is 0.00651. The second-order valence-electron chi connectivity index (χ2n) is 5.81. The van der Waals surface area contributed by atoms with Crippen LogP contribution >= 0.6 is 0 Å². The number of hydrogen-bond acceptors (Lipinski definition) is 3. The topological polar surface area (TPSA) is 74.5 Å². The molecule has 24 heavy (non-hydrogen) atoms. The molecule has 2 aromatic rings. The lowest BCUT2D eigenvalue weighted by Crippen LogP contribution is -2.21. The maximum atomic E-state index is 12.2. The van der Waals surface area contributed by atoms with Crippen LogP contribution in [-0.4, -0.2) is 28.7 Å². The summed E-state index contributed by atoms with van der Waals surface area (Å²) >= 11 is 0. The average molecular weight is 326 g/mol. The van der Waals surface area contributed by atoms with Crippen LogP contribution in [0.1, 0.15) is 17.5 Å². The molecule has 1 N–H and O–H groups in total. The molecule has 2 rings (SSSR count). The van der Waals surface area contributed by atoms with E-state index in [9.17, 15) is 19.6 Å². The van der Waals surface area contributed by atoms with Crippen LogP contribution < -0.4 is 0 Å². The number of carboxylic acids is 1. The first kappa shape index (κ1) is 17.5. The smallest absolute Gasteiger partial charge is 0.307 e. The molecule has 0 aliphatic heterocycles. The molecule has 124 valence electrons. The Bertz CT molecular complexity index is 723. The second-order valence-corrected chi connectivity index (χ2v) is 5.81. The fourth-order valence-electron chi connectivity index (χ4n) is 2.54. The summed E-state index contributed by atoms with van der Waals surface area (Å²) < 4.78 is 0.742. The molecule has 2 aromatic carbocycles. The van der Waals surface area contributed by atoms with Gasteiger partial charge in [-0.2, -0.15) is 0 Å². The minimum Gasteiger partial charge on any atom is -0.481 e. The molecule has 5 nitrogen and oxygen atoms in total. The van der Waals surface area contributed by atoms with Gasteiger partial charge in [-0.25, -0.2) is 0 Å². The Morgan fingerprint density at radius 3 is 2.17 bits per heavy atom. The standard InChI is InChI=1S/C19H19NO4/c1-20(24)17-9-7-15(8-10-17)12-18(21)13-16(19(22)23)11-14-5-3-2-4-6-14/h2-10,16H,11-13H2,1H3/p+1.